The van der Waals surface area contributed by atoms with E-state index >= 15 is 0 Å². The summed E-state index contributed by atoms with van der Waals surface area (Å²) >= 11 is 5.80. The van der Waals surface area contributed by atoms with Crippen LogP contribution in [0.2, 0.25) is 5.02 Å². The molecule has 1 fully saturated rings. The Kier molecular flexibility index (Phi) is 6.10. The Morgan fingerprint density at radius 1 is 1.25 bits per heavy atom. The van der Waals surface area contributed by atoms with Gasteiger partial charge in [-0.05, 0) is 56.1 Å². The third-order valence-electron chi connectivity index (χ3n) is 3.69. The van der Waals surface area contributed by atoms with Gasteiger partial charge in [0.05, 0.1) is 0 Å². The SMILES string of the molecule is OCC1CCN(CC(O)COc2ccc(Cl)cc2)CC1. The molecule has 1 unspecified atom stereocenters. The number of piperidine rings is 1. The summed E-state index contributed by atoms with van der Waals surface area (Å²) in [6, 6.07) is 7.12. The lowest BCUT2D eigenvalue weighted by atomic mass is 9.98. The molecule has 2 N–H and O–H groups in total. The van der Waals surface area contributed by atoms with E-state index in [0.29, 0.717) is 23.2 Å². The van der Waals surface area contributed by atoms with Crippen LogP contribution < -0.4 is 4.74 Å². The topological polar surface area (TPSA) is 52.9 Å². The molecule has 1 saturated heterocycles. The Hall–Kier alpha value is -0.810. The minimum atomic E-state index is -0.503. The first-order chi connectivity index (χ1) is 9.67. The highest BCUT2D eigenvalue weighted by atomic mass is 35.5. The van der Waals surface area contributed by atoms with Gasteiger partial charge in [0.1, 0.15) is 18.5 Å². The van der Waals surface area contributed by atoms with Crippen LogP contribution in [0.1, 0.15) is 12.8 Å². The molecule has 0 radical (unpaired) electrons. The Morgan fingerprint density at radius 3 is 2.50 bits per heavy atom. The monoisotopic (exact) mass is 299 g/mol. The quantitative estimate of drug-likeness (QED) is 0.841. The summed E-state index contributed by atoms with van der Waals surface area (Å²) in [6.07, 6.45) is 1.50. The molecule has 1 aliphatic rings. The third-order valence-corrected chi connectivity index (χ3v) is 3.94. The number of aliphatic hydroxyl groups is 2. The van der Waals surface area contributed by atoms with E-state index in [2.05, 4.69) is 4.90 Å². The van der Waals surface area contributed by atoms with Gasteiger partial charge in [-0.2, -0.15) is 0 Å². The first-order valence-electron chi connectivity index (χ1n) is 7.07. The fourth-order valence-corrected chi connectivity index (χ4v) is 2.55. The van der Waals surface area contributed by atoms with E-state index in [1.54, 1.807) is 24.3 Å². The van der Waals surface area contributed by atoms with Crippen LogP contribution in [0.3, 0.4) is 0 Å². The van der Waals surface area contributed by atoms with Crippen LogP contribution in [0, 0.1) is 5.92 Å². The summed E-state index contributed by atoms with van der Waals surface area (Å²) < 4.78 is 5.53. The van der Waals surface area contributed by atoms with Crippen molar-refractivity contribution in [1.82, 2.24) is 4.90 Å². The molecule has 0 aromatic heterocycles. The number of nitrogens with zero attached hydrogens (tertiary/aromatic N) is 1. The van der Waals surface area contributed by atoms with E-state index in [-0.39, 0.29) is 13.2 Å². The van der Waals surface area contributed by atoms with Gasteiger partial charge in [0.15, 0.2) is 0 Å². The van der Waals surface area contributed by atoms with Crippen molar-refractivity contribution in [1.29, 1.82) is 0 Å². The van der Waals surface area contributed by atoms with E-state index in [0.717, 1.165) is 25.9 Å². The van der Waals surface area contributed by atoms with E-state index in [1.807, 2.05) is 0 Å². The van der Waals surface area contributed by atoms with Crippen molar-refractivity contribution in [3.63, 3.8) is 0 Å². The maximum atomic E-state index is 10.00. The Morgan fingerprint density at radius 2 is 1.90 bits per heavy atom. The van der Waals surface area contributed by atoms with Crippen molar-refractivity contribution in [2.45, 2.75) is 18.9 Å². The van der Waals surface area contributed by atoms with E-state index < -0.39 is 6.10 Å². The molecule has 112 valence electrons. The molecule has 0 saturated carbocycles. The standard InChI is InChI=1S/C15H22ClNO3/c16-13-1-3-15(4-2-13)20-11-14(19)9-17-7-5-12(10-18)6-8-17/h1-4,12,14,18-19H,5-11H2. The number of ether oxygens (including phenoxy) is 1. The second kappa shape index (κ2) is 7.84. The van der Waals surface area contributed by atoms with Crippen LogP contribution in [-0.2, 0) is 0 Å². The normalized spacial score (nSPS) is 18.9. The highest BCUT2D eigenvalue weighted by Gasteiger charge is 2.20. The molecular formula is C15H22ClNO3. The maximum Gasteiger partial charge on any atom is 0.119 e. The Labute approximate surface area is 124 Å². The highest BCUT2D eigenvalue weighted by Crippen LogP contribution is 2.17. The molecule has 20 heavy (non-hydrogen) atoms. The number of benzene rings is 1. The largest absolute Gasteiger partial charge is 0.491 e. The molecule has 0 bridgehead atoms. The number of hydrogen-bond donors (Lipinski definition) is 2. The third kappa shape index (κ3) is 4.94. The van der Waals surface area contributed by atoms with Crippen LogP contribution in [0.4, 0.5) is 0 Å². The van der Waals surface area contributed by atoms with Crippen LogP contribution in [0.15, 0.2) is 24.3 Å². The number of rotatable bonds is 6. The highest BCUT2D eigenvalue weighted by molar-refractivity contribution is 6.30. The summed E-state index contributed by atoms with van der Waals surface area (Å²) in [7, 11) is 0. The number of aliphatic hydroxyl groups excluding tert-OH is 2. The molecule has 0 spiro atoms. The lowest BCUT2D eigenvalue weighted by molar-refractivity contribution is 0.0488. The summed E-state index contributed by atoms with van der Waals surface area (Å²) in [5.74, 6) is 1.14. The zero-order valence-electron chi connectivity index (χ0n) is 11.5. The van der Waals surface area contributed by atoms with Gasteiger partial charge in [-0.15, -0.1) is 0 Å². The molecule has 1 aromatic rings. The number of hydrogen-bond acceptors (Lipinski definition) is 4. The van der Waals surface area contributed by atoms with Crippen molar-refractivity contribution in [2.75, 3.05) is 32.8 Å². The molecule has 0 amide bonds. The predicted molar refractivity (Wildman–Crippen MR) is 79.2 cm³/mol. The lowest BCUT2D eigenvalue weighted by Gasteiger charge is -2.32. The van der Waals surface area contributed by atoms with E-state index in [4.69, 9.17) is 21.4 Å². The molecule has 1 aromatic carbocycles. The average Bonchev–Trinajstić information content (AvgIpc) is 2.47. The number of likely N-dealkylation sites (tertiary alicyclic amines) is 1. The summed E-state index contributed by atoms with van der Waals surface area (Å²) in [6.45, 7) is 3.04. The van der Waals surface area contributed by atoms with E-state index in [1.165, 1.54) is 0 Å². The van der Waals surface area contributed by atoms with Gasteiger partial charge in [-0.1, -0.05) is 11.6 Å². The van der Waals surface area contributed by atoms with Crippen LogP contribution in [0.25, 0.3) is 0 Å². The second-order valence-corrected chi connectivity index (χ2v) is 5.78. The molecular weight excluding hydrogens is 278 g/mol. The van der Waals surface area contributed by atoms with Crippen LogP contribution in [0.5, 0.6) is 5.75 Å². The fourth-order valence-electron chi connectivity index (χ4n) is 2.43. The molecule has 1 aliphatic heterocycles. The van der Waals surface area contributed by atoms with Gasteiger partial charge in [-0.25, -0.2) is 0 Å². The molecule has 5 heteroatoms. The smallest absolute Gasteiger partial charge is 0.119 e. The lowest BCUT2D eigenvalue weighted by Crippen LogP contribution is -2.41. The van der Waals surface area contributed by atoms with Gasteiger partial charge in [-0.3, -0.25) is 0 Å². The Bertz CT molecular complexity index is 391. The first kappa shape index (κ1) is 15.6. The van der Waals surface area contributed by atoms with E-state index in [9.17, 15) is 5.11 Å². The summed E-state index contributed by atoms with van der Waals surface area (Å²) in [5.41, 5.74) is 0. The molecule has 1 atom stereocenters. The van der Waals surface area contributed by atoms with Crippen molar-refractivity contribution in [3.05, 3.63) is 29.3 Å². The van der Waals surface area contributed by atoms with Crippen molar-refractivity contribution in [3.8, 4) is 5.75 Å². The maximum absolute atomic E-state index is 10.00. The minimum absolute atomic E-state index is 0.274. The minimum Gasteiger partial charge on any atom is -0.491 e. The number of β-amino-alcohol motifs (C(OH)–C–C–N with tert-alkyl or cyclic N) is 1. The summed E-state index contributed by atoms with van der Waals surface area (Å²) in [4.78, 5) is 2.22. The first-order valence-corrected chi connectivity index (χ1v) is 7.45. The molecule has 4 nitrogen and oxygen atoms in total. The molecule has 2 rings (SSSR count). The van der Waals surface area contributed by atoms with Crippen molar-refractivity contribution >= 4 is 11.6 Å². The van der Waals surface area contributed by atoms with Crippen LogP contribution in [-0.4, -0.2) is 54.1 Å². The van der Waals surface area contributed by atoms with Gasteiger partial charge < -0.3 is 19.8 Å². The van der Waals surface area contributed by atoms with Gasteiger partial charge in [0.2, 0.25) is 0 Å². The zero-order valence-corrected chi connectivity index (χ0v) is 12.3. The predicted octanol–water partition coefficient (Wildman–Crippen LogP) is 1.78. The van der Waals surface area contributed by atoms with Crippen LogP contribution >= 0.6 is 11.6 Å². The second-order valence-electron chi connectivity index (χ2n) is 5.35. The molecule has 1 heterocycles. The number of halogens is 1. The van der Waals surface area contributed by atoms with Gasteiger partial charge >= 0.3 is 0 Å². The zero-order chi connectivity index (χ0) is 14.4. The van der Waals surface area contributed by atoms with Crippen molar-refractivity contribution in [2.24, 2.45) is 5.92 Å². The Balaban J connectivity index is 1.68. The average molecular weight is 300 g/mol. The fraction of sp³-hybridized carbons (Fsp3) is 0.600. The van der Waals surface area contributed by atoms with Gasteiger partial charge in [0.25, 0.3) is 0 Å². The summed E-state index contributed by atoms with van der Waals surface area (Å²) in [5, 5.41) is 19.8. The van der Waals surface area contributed by atoms with Gasteiger partial charge in [0, 0.05) is 18.2 Å². The molecule has 0 aliphatic carbocycles. The van der Waals surface area contributed by atoms with Crippen molar-refractivity contribution < 1.29 is 14.9 Å².